The quantitative estimate of drug-likeness (QED) is 0.509. The van der Waals surface area contributed by atoms with Gasteiger partial charge in [0.05, 0.1) is 0 Å². The number of carbonyl (C=O) groups is 3. The molecule has 108 valence electrons. The Labute approximate surface area is 111 Å². The van der Waals surface area contributed by atoms with E-state index in [1.54, 1.807) is 14.1 Å². The van der Waals surface area contributed by atoms with Crippen LogP contribution >= 0.6 is 0 Å². The fourth-order valence-electron chi connectivity index (χ4n) is 1.69. The molecule has 4 N–H and O–H groups in total. The number of carbonyl (C=O) groups excluding carboxylic acids is 2. The molecule has 4 amide bonds. The minimum absolute atomic E-state index is 0.237. The van der Waals surface area contributed by atoms with Crippen LogP contribution in [0.15, 0.2) is 0 Å². The summed E-state index contributed by atoms with van der Waals surface area (Å²) in [4.78, 5) is 35.1. The van der Waals surface area contributed by atoms with Crippen molar-refractivity contribution in [3.63, 3.8) is 0 Å². The van der Waals surface area contributed by atoms with Gasteiger partial charge in [0.1, 0.15) is 5.54 Å². The van der Waals surface area contributed by atoms with Gasteiger partial charge in [0.25, 0.3) is 0 Å². The van der Waals surface area contributed by atoms with E-state index in [0.29, 0.717) is 12.8 Å². The molecule has 0 heterocycles. The molecule has 0 radical (unpaired) electrons. The third-order valence-corrected chi connectivity index (χ3v) is 3.06. The van der Waals surface area contributed by atoms with Gasteiger partial charge in [-0.3, -0.25) is 0 Å². The predicted molar refractivity (Wildman–Crippen MR) is 67.8 cm³/mol. The lowest BCUT2D eigenvalue weighted by Gasteiger charge is -2.38. The average Bonchev–Trinajstić information content (AvgIpc) is 2.28. The Morgan fingerprint density at radius 1 is 1.16 bits per heavy atom. The fourth-order valence-corrected chi connectivity index (χ4v) is 1.69. The van der Waals surface area contributed by atoms with Crippen LogP contribution in [0.5, 0.6) is 0 Å². The number of nitrogens with zero attached hydrogens (tertiary/aromatic N) is 1. The zero-order chi connectivity index (χ0) is 14.5. The van der Waals surface area contributed by atoms with Gasteiger partial charge in [-0.15, -0.1) is 0 Å². The molecule has 0 spiro atoms. The Morgan fingerprint density at radius 3 is 2.16 bits per heavy atom. The maximum absolute atomic E-state index is 11.5. The Balaban J connectivity index is 2.22. The highest BCUT2D eigenvalue weighted by atomic mass is 16.4. The minimum Gasteiger partial charge on any atom is -0.480 e. The summed E-state index contributed by atoms with van der Waals surface area (Å²) in [7, 11) is 3.23. The zero-order valence-corrected chi connectivity index (χ0v) is 11.2. The van der Waals surface area contributed by atoms with Crippen molar-refractivity contribution in [2.45, 2.75) is 24.8 Å². The molecule has 1 saturated carbocycles. The van der Waals surface area contributed by atoms with E-state index in [2.05, 4.69) is 16.0 Å². The molecule has 0 saturated heterocycles. The SMILES string of the molecule is CN(C)C(=O)NCCNC(=O)NC1(C(=O)O)CCC1. The smallest absolute Gasteiger partial charge is 0.329 e. The number of aliphatic carboxylic acids is 1. The van der Waals surface area contributed by atoms with Crippen LogP contribution in [0.4, 0.5) is 9.59 Å². The lowest BCUT2D eigenvalue weighted by Crippen LogP contribution is -2.61. The number of amides is 4. The number of hydrogen-bond acceptors (Lipinski definition) is 3. The van der Waals surface area contributed by atoms with Gasteiger partial charge >= 0.3 is 18.0 Å². The van der Waals surface area contributed by atoms with Crippen molar-refractivity contribution in [2.75, 3.05) is 27.2 Å². The van der Waals surface area contributed by atoms with Crippen molar-refractivity contribution in [1.82, 2.24) is 20.9 Å². The summed E-state index contributed by atoms with van der Waals surface area (Å²) in [6.07, 6.45) is 1.70. The van der Waals surface area contributed by atoms with Crippen molar-refractivity contribution in [2.24, 2.45) is 0 Å². The number of hydrogen-bond donors (Lipinski definition) is 4. The van der Waals surface area contributed by atoms with Crippen molar-refractivity contribution >= 4 is 18.0 Å². The van der Waals surface area contributed by atoms with Gasteiger partial charge in [-0.25, -0.2) is 14.4 Å². The highest BCUT2D eigenvalue weighted by Gasteiger charge is 2.45. The molecular weight excluding hydrogens is 252 g/mol. The molecule has 0 unspecified atom stereocenters. The molecule has 0 aromatic rings. The summed E-state index contributed by atoms with van der Waals surface area (Å²) in [6, 6.07) is -0.774. The first kappa shape index (κ1) is 15.1. The molecule has 1 fully saturated rings. The molecule has 1 aliphatic carbocycles. The zero-order valence-electron chi connectivity index (χ0n) is 11.2. The van der Waals surface area contributed by atoms with Gasteiger partial charge in [-0.1, -0.05) is 0 Å². The fraction of sp³-hybridized carbons (Fsp3) is 0.727. The average molecular weight is 272 g/mol. The maximum atomic E-state index is 11.5. The van der Waals surface area contributed by atoms with Crippen LogP contribution in [-0.4, -0.2) is 60.8 Å². The lowest BCUT2D eigenvalue weighted by atomic mass is 9.77. The number of carboxylic acids is 1. The first-order valence-electron chi connectivity index (χ1n) is 6.12. The van der Waals surface area contributed by atoms with Crippen molar-refractivity contribution in [1.29, 1.82) is 0 Å². The normalized spacial score (nSPS) is 15.9. The van der Waals surface area contributed by atoms with E-state index in [-0.39, 0.29) is 19.1 Å². The molecule has 0 bridgehead atoms. The molecule has 0 aliphatic heterocycles. The second-order valence-electron chi connectivity index (χ2n) is 4.75. The van der Waals surface area contributed by atoms with Crippen LogP contribution in [0.2, 0.25) is 0 Å². The number of rotatable bonds is 5. The van der Waals surface area contributed by atoms with Gasteiger partial charge in [-0.2, -0.15) is 0 Å². The van der Waals surface area contributed by atoms with E-state index >= 15 is 0 Å². The lowest BCUT2D eigenvalue weighted by molar-refractivity contribution is -0.148. The molecular formula is C11H20N4O4. The highest BCUT2D eigenvalue weighted by Crippen LogP contribution is 2.31. The van der Waals surface area contributed by atoms with Crippen molar-refractivity contribution < 1.29 is 19.5 Å². The molecule has 0 aromatic heterocycles. The largest absolute Gasteiger partial charge is 0.480 e. The third kappa shape index (κ3) is 4.01. The molecule has 1 aliphatic rings. The topological polar surface area (TPSA) is 111 Å². The van der Waals surface area contributed by atoms with E-state index in [9.17, 15) is 14.4 Å². The summed E-state index contributed by atoms with van der Waals surface area (Å²) in [5.41, 5.74) is -1.11. The van der Waals surface area contributed by atoms with E-state index < -0.39 is 17.5 Å². The summed E-state index contributed by atoms with van der Waals surface area (Å²) >= 11 is 0. The van der Waals surface area contributed by atoms with Crippen LogP contribution in [-0.2, 0) is 4.79 Å². The number of carboxylic acid groups (broad SMARTS) is 1. The van der Waals surface area contributed by atoms with Gasteiger partial charge < -0.3 is 26.0 Å². The van der Waals surface area contributed by atoms with Crippen LogP contribution in [0.3, 0.4) is 0 Å². The van der Waals surface area contributed by atoms with E-state index in [1.165, 1.54) is 4.90 Å². The minimum atomic E-state index is -1.11. The Hall–Kier alpha value is -1.99. The van der Waals surface area contributed by atoms with Gasteiger partial charge in [-0.05, 0) is 19.3 Å². The maximum Gasteiger partial charge on any atom is 0.329 e. The third-order valence-electron chi connectivity index (χ3n) is 3.06. The first-order chi connectivity index (χ1) is 8.87. The summed E-state index contributed by atoms with van der Waals surface area (Å²) in [6.45, 7) is 0.519. The van der Waals surface area contributed by atoms with E-state index in [0.717, 1.165) is 6.42 Å². The number of urea groups is 2. The second-order valence-corrected chi connectivity index (χ2v) is 4.75. The second kappa shape index (κ2) is 6.26. The standard InChI is InChI=1S/C11H20N4O4/c1-15(2)10(19)13-7-6-12-9(18)14-11(8(16)17)4-3-5-11/h3-7H2,1-2H3,(H,13,19)(H,16,17)(H2,12,14,18). The Kier molecular flexibility index (Phi) is 4.96. The van der Waals surface area contributed by atoms with E-state index in [1.807, 2.05) is 0 Å². The van der Waals surface area contributed by atoms with Crippen LogP contribution in [0.25, 0.3) is 0 Å². The predicted octanol–water partition coefficient (Wildman–Crippen LogP) is -0.436. The van der Waals surface area contributed by atoms with Crippen LogP contribution < -0.4 is 16.0 Å². The summed E-state index contributed by atoms with van der Waals surface area (Å²) in [5.74, 6) is -1.00. The molecule has 0 atom stereocenters. The Bertz CT molecular complexity index is 366. The molecule has 19 heavy (non-hydrogen) atoms. The number of nitrogens with one attached hydrogen (secondary N) is 3. The van der Waals surface area contributed by atoms with Gasteiger partial charge in [0.15, 0.2) is 0 Å². The summed E-state index contributed by atoms with van der Waals surface area (Å²) in [5, 5.41) is 16.6. The van der Waals surface area contributed by atoms with Crippen molar-refractivity contribution in [3.05, 3.63) is 0 Å². The molecule has 0 aromatic carbocycles. The monoisotopic (exact) mass is 272 g/mol. The molecule has 8 nitrogen and oxygen atoms in total. The highest BCUT2D eigenvalue weighted by molar-refractivity contribution is 5.87. The van der Waals surface area contributed by atoms with Gasteiger partial charge in [0.2, 0.25) is 0 Å². The molecule has 1 rings (SSSR count). The van der Waals surface area contributed by atoms with Crippen LogP contribution in [0.1, 0.15) is 19.3 Å². The van der Waals surface area contributed by atoms with Gasteiger partial charge in [0, 0.05) is 27.2 Å². The Morgan fingerprint density at radius 2 is 1.74 bits per heavy atom. The molecule has 8 heteroatoms. The van der Waals surface area contributed by atoms with E-state index in [4.69, 9.17) is 5.11 Å². The first-order valence-corrected chi connectivity index (χ1v) is 6.12. The van der Waals surface area contributed by atoms with Crippen molar-refractivity contribution in [3.8, 4) is 0 Å². The van der Waals surface area contributed by atoms with Crippen LogP contribution in [0, 0.1) is 0 Å². The summed E-state index contributed by atoms with van der Waals surface area (Å²) < 4.78 is 0.